The molecule has 2 heterocycles. The Hall–Kier alpha value is -0.130. The van der Waals surface area contributed by atoms with Gasteiger partial charge in [0.1, 0.15) is 5.82 Å². The smallest absolute Gasteiger partial charge is 0.143 e. The van der Waals surface area contributed by atoms with Gasteiger partial charge in [-0.15, -0.1) is 0 Å². The van der Waals surface area contributed by atoms with Crippen molar-refractivity contribution in [3.8, 4) is 0 Å². The third-order valence-corrected chi connectivity index (χ3v) is 4.34. The van der Waals surface area contributed by atoms with Crippen molar-refractivity contribution in [1.29, 1.82) is 0 Å². The molecule has 1 saturated heterocycles. The van der Waals surface area contributed by atoms with Gasteiger partial charge >= 0.3 is 0 Å². The number of rotatable bonds is 2. The van der Waals surface area contributed by atoms with E-state index in [-0.39, 0.29) is 0 Å². The SMILES string of the molecule is CC1CN(c2ncc(Br)cc2Br)CC1N(C)C. The minimum Gasteiger partial charge on any atom is -0.354 e. The highest BCUT2D eigenvalue weighted by Crippen LogP contribution is 2.31. The van der Waals surface area contributed by atoms with Crippen molar-refractivity contribution >= 4 is 37.7 Å². The van der Waals surface area contributed by atoms with Gasteiger partial charge < -0.3 is 9.80 Å². The van der Waals surface area contributed by atoms with Crippen LogP contribution in [0.25, 0.3) is 0 Å². The lowest BCUT2D eigenvalue weighted by Crippen LogP contribution is -2.34. The Morgan fingerprint density at radius 2 is 2.06 bits per heavy atom. The molecule has 0 aromatic carbocycles. The number of nitrogens with zero attached hydrogens (tertiary/aromatic N) is 3. The van der Waals surface area contributed by atoms with Crippen LogP contribution in [0.5, 0.6) is 0 Å². The standard InChI is InChI=1S/C12H17Br2N3/c1-8-6-17(7-11(8)16(2)3)12-10(14)4-9(13)5-15-12/h4-5,8,11H,6-7H2,1-3H3. The summed E-state index contributed by atoms with van der Waals surface area (Å²) in [5.41, 5.74) is 0. The Labute approximate surface area is 119 Å². The molecule has 1 fully saturated rings. The fourth-order valence-electron chi connectivity index (χ4n) is 2.43. The molecule has 0 amide bonds. The summed E-state index contributed by atoms with van der Waals surface area (Å²) < 4.78 is 2.06. The summed E-state index contributed by atoms with van der Waals surface area (Å²) in [5, 5.41) is 0. The van der Waals surface area contributed by atoms with E-state index in [1.165, 1.54) is 0 Å². The third kappa shape index (κ3) is 2.83. The molecular weight excluding hydrogens is 346 g/mol. The van der Waals surface area contributed by atoms with Gasteiger partial charge in [0.15, 0.2) is 0 Å². The zero-order valence-corrected chi connectivity index (χ0v) is 13.5. The second-order valence-electron chi connectivity index (χ2n) is 4.87. The molecule has 3 nitrogen and oxygen atoms in total. The van der Waals surface area contributed by atoms with Crippen molar-refractivity contribution in [2.24, 2.45) is 5.92 Å². The second kappa shape index (κ2) is 5.24. The molecule has 17 heavy (non-hydrogen) atoms. The Balaban J connectivity index is 2.19. The largest absolute Gasteiger partial charge is 0.354 e. The summed E-state index contributed by atoms with van der Waals surface area (Å²) in [6.07, 6.45) is 1.85. The maximum absolute atomic E-state index is 4.50. The molecule has 1 aromatic rings. The van der Waals surface area contributed by atoms with Gasteiger partial charge in [-0.3, -0.25) is 0 Å². The van der Waals surface area contributed by atoms with E-state index in [9.17, 15) is 0 Å². The van der Waals surface area contributed by atoms with Gasteiger partial charge in [-0.2, -0.15) is 0 Å². The van der Waals surface area contributed by atoms with Gasteiger partial charge in [-0.1, -0.05) is 6.92 Å². The molecule has 0 spiro atoms. The number of likely N-dealkylation sites (N-methyl/N-ethyl adjacent to an activating group) is 1. The van der Waals surface area contributed by atoms with Crippen LogP contribution in [0.2, 0.25) is 0 Å². The first-order valence-electron chi connectivity index (χ1n) is 5.71. The lowest BCUT2D eigenvalue weighted by Gasteiger charge is -2.23. The van der Waals surface area contributed by atoms with E-state index in [0.29, 0.717) is 12.0 Å². The molecule has 5 heteroatoms. The molecular formula is C12H17Br2N3. The van der Waals surface area contributed by atoms with E-state index in [1.807, 2.05) is 6.20 Å². The van der Waals surface area contributed by atoms with Gasteiger partial charge in [-0.25, -0.2) is 4.98 Å². The van der Waals surface area contributed by atoms with Gasteiger partial charge in [0, 0.05) is 29.8 Å². The fraction of sp³-hybridized carbons (Fsp3) is 0.583. The van der Waals surface area contributed by atoms with Crippen molar-refractivity contribution in [2.45, 2.75) is 13.0 Å². The lowest BCUT2D eigenvalue weighted by atomic mass is 10.1. The first-order chi connectivity index (χ1) is 7.99. The number of halogens is 2. The van der Waals surface area contributed by atoms with Crippen LogP contribution < -0.4 is 4.90 Å². The molecule has 0 aliphatic carbocycles. The highest BCUT2D eigenvalue weighted by molar-refractivity contribution is 9.11. The minimum atomic E-state index is 0.604. The fourth-order valence-corrected chi connectivity index (χ4v) is 3.67. The number of hydrogen-bond acceptors (Lipinski definition) is 3. The zero-order valence-electron chi connectivity index (χ0n) is 10.3. The maximum atomic E-state index is 4.50. The molecule has 0 saturated carbocycles. The molecule has 0 radical (unpaired) electrons. The van der Waals surface area contributed by atoms with Crippen molar-refractivity contribution in [3.63, 3.8) is 0 Å². The van der Waals surface area contributed by atoms with Crippen LogP contribution in [-0.2, 0) is 0 Å². The molecule has 0 N–H and O–H groups in total. The van der Waals surface area contributed by atoms with Gasteiger partial charge in [0.05, 0.1) is 4.47 Å². The molecule has 2 unspecified atom stereocenters. The lowest BCUT2D eigenvalue weighted by molar-refractivity contribution is 0.266. The molecule has 0 bridgehead atoms. The van der Waals surface area contributed by atoms with Crippen molar-refractivity contribution in [3.05, 3.63) is 21.2 Å². The van der Waals surface area contributed by atoms with E-state index in [4.69, 9.17) is 0 Å². The predicted octanol–water partition coefficient (Wildman–Crippen LogP) is 2.99. The Morgan fingerprint density at radius 3 is 2.59 bits per heavy atom. The summed E-state index contributed by atoms with van der Waals surface area (Å²) >= 11 is 7.02. The van der Waals surface area contributed by atoms with Crippen LogP contribution in [0.4, 0.5) is 5.82 Å². The molecule has 94 valence electrons. The molecule has 1 aliphatic rings. The number of pyridine rings is 1. The Bertz CT molecular complexity index is 409. The first-order valence-corrected chi connectivity index (χ1v) is 7.30. The quantitative estimate of drug-likeness (QED) is 0.806. The van der Waals surface area contributed by atoms with Gasteiger partial charge in [0.25, 0.3) is 0 Å². The first kappa shape index (κ1) is 13.3. The van der Waals surface area contributed by atoms with Crippen LogP contribution >= 0.6 is 31.9 Å². The Kier molecular flexibility index (Phi) is 4.10. The van der Waals surface area contributed by atoms with E-state index in [1.54, 1.807) is 0 Å². The van der Waals surface area contributed by atoms with Gasteiger partial charge in [0.2, 0.25) is 0 Å². The number of aromatic nitrogens is 1. The summed E-state index contributed by atoms with van der Waals surface area (Å²) in [7, 11) is 4.30. The van der Waals surface area contributed by atoms with Crippen LogP contribution in [0.1, 0.15) is 6.92 Å². The normalized spacial score (nSPS) is 24.7. The summed E-state index contributed by atoms with van der Waals surface area (Å²) in [5.74, 6) is 1.71. The van der Waals surface area contributed by atoms with E-state index < -0.39 is 0 Å². The van der Waals surface area contributed by atoms with Crippen LogP contribution in [0, 0.1) is 5.92 Å². The van der Waals surface area contributed by atoms with E-state index >= 15 is 0 Å². The average Bonchev–Trinajstić information content (AvgIpc) is 2.60. The minimum absolute atomic E-state index is 0.604. The number of anilines is 1. The van der Waals surface area contributed by atoms with E-state index in [2.05, 4.69) is 73.7 Å². The summed E-state index contributed by atoms with van der Waals surface area (Å²) in [6, 6.07) is 2.66. The van der Waals surface area contributed by atoms with Crippen LogP contribution in [0.15, 0.2) is 21.2 Å². The zero-order chi connectivity index (χ0) is 12.6. The number of hydrogen-bond donors (Lipinski definition) is 0. The second-order valence-corrected chi connectivity index (χ2v) is 6.64. The van der Waals surface area contributed by atoms with Crippen molar-refractivity contribution < 1.29 is 0 Å². The molecule has 1 aromatic heterocycles. The molecule has 2 atom stereocenters. The third-order valence-electron chi connectivity index (χ3n) is 3.32. The average molecular weight is 363 g/mol. The molecule has 2 rings (SSSR count). The predicted molar refractivity (Wildman–Crippen MR) is 78.5 cm³/mol. The summed E-state index contributed by atoms with van der Waals surface area (Å²) in [6.45, 7) is 4.41. The van der Waals surface area contributed by atoms with Crippen molar-refractivity contribution in [1.82, 2.24) is 9.88 Å². The highest BCUT2D eigenvalue weighted by Gasteiger charge is 2.32. The van der Waals surface area contributed by atoms with Crippen LogP contribution in [0.3, 0.4) is 0 Å². The summed E-state index contributed by atoms with van der Waals surface area (Å²) in [4.78, 5) is 9.16. The van der Waals surface area contributed by atoms with Crippen LogP contribution in [-0.4, -0.2) is 43.1 Å². The monoisotopic (exact) mass is 361 g/mol. The van der Waals surface area contributed by atoms with Crippen molar-refractivity contribution in [2.75, 3.05) is 32.1 Å². The topological polar surface area (TPSA) is 19.4 Å². The molecule has 1 aliphatic heterocycles. The Morgan fingerprint density at radius 1 is 1.35 bits per heavy atom. The maximum Gasteiger partial charge on any atom is 0.143 e. The van der Waals surface area contributed by atoms with E-state index in [0.717, 1.165) is 27.9 Å². The highest BCUT2D eigenvalue weighted by atomic mass is 79.9. The van der Waals surface area contributed by atoms with Gasteiger partial charge in [-0.05, 0) is 57.9 Å².